The first-order chi connectivity index (χ1) is 31.7. The number of fused-ring (bicyclic) bond motifs is 8. The van der Waals surface area contributed by atoms with E-state index in [4.69, 9.17) is 19.4 Å². The van der Waals surface area contributed by atoms with Crippen LogP contribution in [0.1, 0.15) is 5.56 Å². The second-order valence-corrected chi connectivity index (χ2v) is 17.8. The minimum atomic E-state index is 0.369. The van der Waals surface area contributed by atoms with Gasteiger partial charge in [0.1, 0.15) is 11.2 Å². The molecule has 0 bridgehead atoms. The molecule has 0 fully saturated rings. The number of furan rings is 1. The van der Waals surface area contributed by atoms with E-state index < -0.39 is 0 Å². The molecule has 0 radical (unpaired) electrons. The maximum atomic E-state index is 6.73. The highest BCUT2D eigenvalue weighted by atomic mass is 32.1. The lowest BCUT2D eigenvalue weighted by molar-refractivity contribution is 0.663. The molecule has 8 aromatic carbocycles. The van der Waals surface area contributed by atoms with E-state index in [2.05, 4.69) is 200 Å². The molecule has 3 heterocycles. The molecule has 11 aromatic rings. The Morgan fingerprint density at radius 2 is 1.08 bits per heavy atom. The Bertz CT molecular complexity index is 3790. The van der Waals surface area contributed by atoms with Gasteiger partial charge >= 0.3 is 0 Å². The first-order valence-electron chi connectivity index (χ1n) is 21.8. The summed E-state index contributed by atoms with van der Waals surface area (Å²) in [5.74, 6) is 2.66. The maximum Gasteiger partial charge on any atom is 0.164 e. The summed E-state index contributed by atoms with van der Waals surface area (Å²) in [6, 6.07) is 60.2. The molecule has 300 valence electrons. The van der Waals surface area contributed by atoms with Crippen LogP contribution in [0.15, 0.2) is 217 Å². The Morgan fingerprint density at radius 3 is 1.94 bits per heavy atom. The third-order valence-corrected chi connectivity index (χ3v) is 14.0. The Morgan fingerprint density at radius 1 is 0.422 bits per heavy atom. The third-order valence-electron chi connectivity index (χ3n) is 12.9. The first-order valence-corrected chi connectivity index (χ1v) is 22.6. The summed E-state index contributed by atoms with van der Waals surface area (Å²) in [4.78, 5) is 15.9. The summed E-state index contributed by atoms with van der Waals surface area (Å²) >= 11 is 1.80. The summed E-state index contributed by atoms with van der Waals surface area (Å²) in [5.41, 5.74) is 11.3. The topological polar surface area (TPSA) is 51.8 Å². The van der Waals surface area contributed by atoms with Gasteiger partial charge in [0.15, 0.2) is 17.5 Å². The molecule has 2 aliphatic carbocycles. The van der Waals surface area contributed by atoms with E-state index in [1.165, 1.54) is 31.3 Å². The SMILES string of the molecule is C1=CC2C=CC(c3ccc(-c4nc(-c5cc(-c6ccc(-c7ccccc7)c7oc8ccccc8c67)c6ccccc6c5)nc(-c5ccc6c(c5)sc5ccccc56)n4)cc3)=CC2C=C1. The molecule has 0 saturated heterocycles. The molecule has 64 heavy (non-hydrogen) atoms. The quantitative estimate of drug-likeness (QED) is 0.167. The van der Waals surface area contributed by atoms with Gasteiger partial charge in [-0.2, -0.15) is 0 Å². The molecular formula is C59H37N3OS. The number of hydrogen-bond acceptors (Lipinski definition) is 5. The van der Waals surface area contributed by atoms with Gasteiger partial charge in [-0.3, -0.25) is 0 Å². The molecule has 2 aliphatic rings. The van der Waals surface area contributed by atoms with Crippen molar-refractivity contribution in [1.82, 2.24) is 15.0 Å². The minimum absolute atomic E-state index is 0.369. The number of aromatic nitrogens is 3. The van der Waals surface area contributed by atoms with Crippen LogP contribution in [0, 0.1) is 11.8 Å². The molecule has 0 N–H and O–H groups in total. The van der Waals surface area contributed by atoms with Crippen LogP contribution in [-0.4, -0.2) is 15.0 Å². The summed E-state index contributed by atoms with van der Waals surface area (Å²) < 4.78 is 9.20. The van der Waals surface area contributed by atoms with Crippen LogP contribution in [0.3, 0.4) is 0 Å². The molecule has 0 aliphatic heterocycles. The first kappa shape index (κ1) is 36.6. The van der Waals surface area contributed by atoms with Crippen molar-refractivity contribution in [2.75, 3.05) is 0 Å². The molecule has 0 amide bonds. The number of rotatable bonds is 6. The van der Waals surface area contributed by atoms with Gasteiger partial charge in [-0.05, 0) is 75.0 Å². The lowest BCUT2D eigenvalue weighted by Gasteiger charge is -2.23. The highest BCUT2D eigenvalue weighted by Gasteiger charge is 2.22. The maximum absolute atomic E-state index is 6.73. The summed E-state index contributed by atoms with van der Waals surface area (Å²) in [7, 11) is 0. The molecule has 4 nitrogen and oxygen atoms in total. The van der Waals surface area contributed by atoms with E-state index >= 15 is 0 Å². The number of thiophene rings is 1. The lowest BCUT2D eigenvalue weighted by Crippen LogP contribution is -2.11. The van der Waals surface area contributed by atoms with Gasteiger partial charge in [0.25, 0.3) is 0 Å². The summed E-state index contributed by atoms with van der Waals surface area (Å²) in [6.45, 7) is 0. The lowest BCUT2D eigenvalue weighted by atomic mass is 9.81. The van der Waals surface area contributed by atoms with Crippen LogP contribution >= 0.6 is 11.3 Å². The standard InChI is InChI=1S/C59H37N3OS/c1-2-13-38(14-3-1)46-30-31-49(55-50-19-8-10-20-52(50)63-56(46)55)51-34-44(33-42-16-6-7-17-45(42)51)59-61-57(39-25-22-37(23-26-39)41-27-24-36-12-4-5-15-40(36)32-41)60-58(62-59)43-28-29-48-47-18-9-11-21-53(47)64-54(48)35-43/h1-36,40H. The van der Waals surface area contributed by atoms with Crippen LogP contribution in [0.2, 0.25) is 0 Å². The van der Waals surface area contributed by atoms with Crippen LogP contribution in [-0.2, 0) is 0 Å². The van der Waals surface area contributed by atoms with Gasteiger partial charge in [0, 0.05) is 65.0 Å². The van der Waals surface area contributed by atoms with E-state index in [1.807, 2.05) is 12.1 Å². The van der Waals surface area contributed by atoms with Crippen molar-refractivity contribution in [3.63, 3.8) is 0 Å². The highest BCUT2D eigenvalue weighted by Crippen LogP contribution is 2.45. The summed E-state index contributed by atoms with van der Waals surface area (Å²) in [5, 5.41) is 6.91. The molecule has 2 atom stereocenters. The van der Waals surface area contributed by atoms with Crippen molar-refractivity contribution < 1.29 is 4.42 Å². The van der Waals surface area contributed by atoms with Gasteiger partial charge in [-0.15, -0.1) is 11.3 Å². The van der Waals surface area contributed by atoms with Crippen molar-refractivity contribution in [3.05, 3.63) is 218 Å². The van der Waals surface area contributed by atoms with Crippen LogP contribution in [0.5, 0.6) is 0 Å². The average Bonchev–Trinajstić information content (AvgIpc) is 3.95. The number of benzene rings is 8. The van der Waals surface area contributed by atoms with E-state index in [-0.39, 0.29) is 0 Å². The van der Waals surface area contributed by atoms with Crippen molar-refractivity contribution in [1.29, 1.82) is 0 Å². The number of allylic oxidation sites excluding steroid dienone is 8. The third kappa shape index (κ3) is 6.16. The van der Waals surface area contributed by atoms with E-state index in [0.717, 1.165) is 71.7 Å². The van der Waals surface area contributed by atoms with E-state index in [0.29, 0.717) is 29.3 Å². The molecular weight excluding hydrogens is 799 g/mol. The Labute approximate surface area is 373 Å². The number of nitrogens with zero attached hydrogens (tertiary/aromatic N) is 3. The molecule has 5 heteroatoms. The van der Waals surface area contributed by atoms with Crippen molar-refractivity contribution in [2.24, 2.45) is 11.8 Å². The normalized spacial score (nSPS) is 15.7. The Kier molecular flexibility index (Phi) is 8.49. The second kappa shape index (κ2) is 14.8. The zero-order valence-electron chi connectivity index (χ0n) is 34.5. The molecule has 0 spiro atoms. The largest absolute Gasteiger partial charge is 0.455 e. The van der Waals surface area contributed by atoms with E-state index in [1.54, 1.807) is 11.3 Å². The number of para-hydroxylation sites is 1. The summed E-state index contributed by atoms with van der Waals surface area (Å²) in [6.07, 6.45) is 15.8. The zero-order valence-corrected chi connectivity index (χ0v) is 35.3. The molecule has 13 rings (SSSR count). The zero-order chi connectivity index (χ0) is 42.1. The smallest absolute Gasteiger partial charge is 0.164 e. The van der Waals surface area contributed by atoms with Gasteiger partial charge in [-0.1, -0.05) is 176 Å². The molecule has 2 unspecified atom stereocenters. The van der Waals surface area contributed by atoms with Crippen LogP contribution in [0.25, 0.3) is 115 Å². The average molecular weight is 836 g/mol. The fourth-order valence-electron chi connectivity index (χ4n) is 9.67. The Hall–Kier alpha value is -7.99. The van der Waals surface area contributed by atoms with Crippen molar-refractivity contribution >= 4 is 69.8 Å². The highest BCUT2D eigenvalue weighted by molar-refractivity contribution is 7.25. The van der Waals surface area contributed by atoms with Gasteiger partial charge < -0.3 is 4.42 Å². The predicted octanol–water partition coefficient (Wildman–Crippen LogP) is 15.9. The second-order valence-electron chi connectivity index (χ2n) is 16.7. The Balaban J connectivity index is 0.998. The predicted molar refractivity (Wildman–Crippen MR) is 267 cm³/mol. The molecule has 3 aromatic heterocycles. The van der Waals surface area contributed by atoms with Gasteiger partial charge in [0.2, 0.25) is 0 Å². The van der Waals surface area contributed by atoms with E-state index in [9.17, 15) is 0 Å². The number of hydrogen-bond donors (Lipinski definition) is 0. The molecule has 0 saturated carbocycles. The fourth-order valence-corrected chi connectivity index (χ4v) is 10.8. The minimum Gasteiger partial charge on any atom is -0.455 e. The monoisotopic (exact) mass is 835 g/mol. The van der Waals surface area contributed by atoms with Gasteiger partial charge in [0.05, 0.1) is 0 Å². The van der Waals surface area contributed by atoms with Crippen LogP contribution < -0.4 is 0 Å². The van der Waals surface area contributed by atoms with Gasteiger partial charge in [-0.25, -0.2) is 15.0 Å². The van der Waals surface area contributed by atoms with Crippen molar-refractivity contribution in [3.8, 4) is 56.4 Å². The van der Waals surface area contributed by atoms with Crippen LogP contribution in [0.4, 0.5) is 0 Å². The van der Waals surface area contributed by atoms with Crippen molar-refractivity contribution in [2.45, 2.75) is 0 Å². The fraction of sp³-hybridized carbons (Fsp3) is 0.0339.